The average molecular weight is 340 g/mol. The molecule has 1 heteroatoms. The second kappa shape index (κ2) is 9.85. The minimum absolute atomic E-state index is 0.890. The lowest BCUT2D eigenvalue weighted by Crippen LogP contribution is -2.25. The summed E-state index contributed by atoms with van der Waals surface area (Å²) in [6.07, 6.45) is 13.7. The van der Waals surface area contributed by atoms with Gasteiger partial charge in [0, 0.05) is 18.9 Å². The topological polar surface area (TPSA) is 3.24 Å². The first-order chi connectivity index (χ1) is 12.0. The summed E-state index contributed by atoms with van der Waals surface area (Å²) < 4.78 is 0. The standard InChI is InChI=1S/C24H37N/c1-6-19(3)18-25(5)23-16-13-21(14-17-23)12-15-22-10-8-9-11-24(22)20(4)7-2/h6,13-14,16-18,20,22,24H,1,7-12,15H2,2-5H3/b19-18-/t20?,22-,24?/m1/s1. The zero-order chi connectivity index (χ0) is 18.2. The van der Waals surface area contributed by atoms with E-state index in [-0.39, 0.29) is 0 Å². The van der Waals surface area contributed by atoms with Gasteiger partial charge in [-0.05, 0) is 67.2 Å². The second-order valence-corrected chi connectivity index (χ2v) is 7.99. The Hall–Kier alpha value is -1.50. The SMILES string of the molecule is C=C/C(C)=C\N(C)c1ccc(CC[C@H]2CCCCC2C(C)CC)cc1. The molecule has 25 heavy (non-hydrogen) atoms. The van der Waals surface area contributed by atoms with E-state index in [1.807, 2.05) is 6.08 Å². The molecule has 0 bridgehead atoms. The number of hydrogen-bond acceptors (Lipinski definition) is 1. The molecule has 2 unspecified atom stereocenters. The highest BCUT2D eigenvalue weighted by molar-refractivity contribution is 5.50. The number of nitrogens with zero attached hydrogens (tertiary/aromatic N) is 1. The average Bonchev–Trinajstić information content (AvgIpc) is 2.66. The first-order valence-electron chi connectivity index (χ1n) is 10.2. The lowest BCUT2D eigenvalue weighted by molar-refractivity contribution is 0.158. The molecular formula is C24H37N. The lowest BCUT2D eigenvalue weighted by Gasteiger charge is -2.35. The molecular weight excluding hydrogens is 302 g/mol. The van der Waals surface area contributed by atoms with Gasteiger partial charge in [0.1, 0.15) is 0 Å². The third-order valence-corrected chi connectivity index (χ3v) is 6.21. The molecule has 0 heterocycles. The van der Waals surface area contributed by atoms with E-state index in [1.165, 1.54) is 61.8 Å². The lowest BCUT2D eigenvalue weighted by atomic mass is 9.70. The molecule has 1 saturated carbocycles. The zero-order valence-corrected chi connectivity index (χ0v) is 16.8. The number of benzene rings is 1. The summed E-state index contributed by atoms with van der Waals surface area (Å²) >= 11 is 0. The van der Waals surface area contributed by atoms with Gasteiger partial charge >= 0.3 is 0 Å². The Labute approximate surface area is 155 Å². The van der Waals surface area contributed by atoms with Crippen LogP contribution in [0, 0.1) is 17.8 Å². The maximum atomic E-state index is 3.82. The maximum Gasteiger partial charge on any atom is 0.0403 e. The van der Waals surface area contributed by atoms with Crippen molar-refractivity contribution in [1.29, 1.82) is 0 Å². The van der Waals surface area contributed by atoms with Crippen LogP contribution in [0.5, 0.6) is 0 Å². The van der Waals surface area contributed by atoms with Gasteiger partial charge in [-0.2, -0.15) is 0 Å². The molecule has 0 amide bonds. The Bertz CT molecular complexity index is 554. The van der Waals surface area contributed by atoms with Crippen molar-refractivity contribution in [2.75, 3.05) is 11.9 Å². The quantitative estimate of drug-likeness (QED) is 0.461. The summed E-state index contributed by atoms with van der Waals surface area (Å²) in [7, 11) is 2.10. The number of rotatable bonds is 8. The van der Waals surface area contributed by atoms with Gasteiger partial charge in [0.05, 0.1) is 0 Å². The van der Waals surface area contributed by atoms with Crippen molar-refractivity contribution in [3.8, 4) is 0 Å². The highest BCUT2D eigenvalue weighted by Gasteiger charge is 2.28. The molecule has 3 atom stereocenters. The first-order valence-corrected chi connectivity index (χ1v) is 10.2. The zero-order valence-electron chi connectivity index (χ0n) is 16.8. The molecule has 1 fully saturated rings. The highest BCUT2D eigenvalue weighted by Crippen LogP contribution is 2.38. The van der Waals surface area contributed by atoms with Crippen LogP contribution in [0.15, 0.2) is 48.7 Å². The Kier molecular flexibility index (Phi) is 7.81. The molecule has 1 nitrogen and oxygen atoms in total. The van der Waals surface area contributed by atoms with Gasteiger partial charge in [-0.1, -0.05) is 64.3 Å². The van der Waals surface area contributed by atoms with Crippen molar-refractivity contribution in [2.45, 2.75) is 65.7 Å². The van der Waals surface area contributed by atoms with Gasteiger partial charge in [-0.15, -0.1) is 0 Å². The summed E-state index contributed by atoms with van der Waals surface area (Å²) in [5, 5.41) is 0. The van der Waals surface area contributed by atoms with Crippen molar-refractivity contribution in [1.82, 2.24) is 0 Å². The van der Waals surface area contributed by atoms with Crippen LogP contribution >= 0.6 is 0 Å². The summed E-state index contributed by atoms with van der Waals surface area (Å²) in [5.41, 5.74) is 3.90. The van der Waals surface area contributed by atoms with E-state index in [9.17, 15) is 0 Å². The predicted octanol–water partition coefficient (Wildman–Crippen LogP) is 7.00. The van der Waals surface area contributed by atoms with Crippen molar-refractivity contribution in [3.63, 3.8) is 0 Å². The minimum Gasteiger partial charge on any atom is -0.351 e. The Balaban J connectivity index is 1.93. The summed E-state index contributed by atoms with van der Waals surface area (Å²) in [4.78, 5) is 2.17. The summed E-state index contributed by atoms with van der Waals surface area (Å²) in [5.74, 6) is 2.78. The fourth-order valence-corrected chi connectivity index (χ4v) is 4.33. The Morgan fingerprint density at radius 1 is 1.24 bits per heavy atom. The molecule has 2 rings (SSSR count). The van der Waals surface area contributed by atoms with Gasteiger partial charge < -0.3 is 4.90 Å². The molecule has 0 aromatic heterocycles. The molecule has 0 N–H and O–H groups in total. The van der Waals surface area contributed by atoms with Crippen LogP contribution in [-0.2, 0) is 6.42 Å². The fraction of sp³-hybridized carbons (Fsp3) is 0.583. The van der Waals surface area contributed by atoms with Gasteiger partial charge in [0.2, 0.25) is 0 Å². The van der Waals surface area contributed by atoms with Gasteiger partial charge in [0.15, 0.2) is 0 Å². The van der Waals surface area contributed by atoms with Crippen LogP contribution in [0.25, 0.3) is 0 Å². The Morgan fingerprint density at radius 3 is 2.56 bits per heavy atom. The molecule has 0 aliphatic heterocycles. The van der Waals surface area contributed by atoms with E-state index >= 15 is 0 Å². The van der Waals surface area contributed by atoms with E-state index in [1.54, 1.807) is 0 Å². The molecule has 1 aliphatic carbocycles. The van der Waals surface area contributed by atoms with Gasteiger partial charge in [0.25, 0.3) is 0 Å². The number of allylic oxidation sites excluding steroid dienone is 2. The third kappa shape index (κ3) is 5.76. The molecule has 1 aromatic carbocycles. The molecule has 138 valence electrons. The molecule has 1 aromatic rings. The number of hydrogen-bond donors (Lipinski definition) is 0. The number of anilines is 1. The predicted molar refractivity (Wildman–Crippen MR) is 112 cm³/mol. The maximum absolute atomic E-state index is 3.82. The number of aryl methyl sites for hydroxylation is 1. The molecule has 0 radical (unpaired) electrons. The summed E-state index contributed by atoms with van der Waals surface area (Å²) in [6, 6.07) is 9.11. The van der Waals surface area contributed by atoms with Crippen molar-refractivity contribution < 1.29 is 0 Å². The summed E-state index contributed by atoms with van der Waals surface area (Å²) in [6.45, 7) is 10.7. The van der Waals surface area contributed by atoms with Gasteiger partial charge in [-0.3, -0.25) is 0 Å². The second-order valence-electron chi connectivity index (χ2n) is 7.99. The fourth-order valence-electron chi connectivity index (χ4n) is 4.33. The Morgan fingerprint density at radius 2 is 1.92 bits per heavy atom. The van der Waals surface area contributed by atoms with Gasteiger partial charge in [-0.25, -0.2) is 0 Å². The van der Waals surface area contributed by atoms with E-state index in [4.69, 9.17) is 0 Å². The van der Waals surface area contributed by atoms with Crippen LogP contribution < -0.4 is 4.90 Å². The first kappa shape index (κ1) is 19.8. The normalized spacial score (nSPS) is 22.5. The van der Waals surface area contributed by atoms with E-state index < -0.39 is 0 Å². The minimum atomic E-state index is 0.890. The monoisotopic (exact) mass is 339 g/mol. The van der Waals surface area contributed by atoms with E-state index in [2.05, 4.69) is 69.8 Å². The van der Waals surface area contributed by atoms with E-state index in [0.29, 0.717) is 0 Å². The van der Waals surface area contributed by atoms with Crippen LogP contribution in [-0.4, -0.2) is 7.05 Å². The van der Waals surface area contributed by atoms with Crippen LogP contribution in [0.4, 0.5) is 5.69 Å². The van der Waals surface area contributed by atoms with Crippen molar-refractivity contribution in [2.24, 2.45) is 17.8 Å². The van der Waals surface area contributed by atoms with Crippen LogP contribution in [0.2, 0.25) is 0 Å². The molecule has 0 saturated heterocycles. The molecule has 0 spiro atoms. The molecule has 1 aliphatic rings. The van der Waals surface area contributed by atoms with Crippen molar-refractivity contribution in [3.05, 3.63) is 54.3 Å². The third-order valence-electron chi connectivity index (χ3n) is 6.21. The smallest absolute Gasteiger partial charge is 0.0403 e. The van der Waals surface area contributed by atoms with Crippen molar-refractivity contribution >= 4 is 5.69 Å². The largest absolute Gasteiger partial charge is 0.351 e. The highest BCUT2D eigenvalue weighted by atomic mass is 15.1. The van der Waals surface area contributed by atoms with Crippen LogP contribution in [0.1, 0.15) is 64.9 Å². The van der Waals surface area contributed by atoms with E-state index in [0.717, 1.165) is 17.8 Å². The van der Waals surface area contributed by atoms with Crippen LogP contribution in [0.3, 0.4) is 0 Å².